The largest absolute Gasteiger partial charge is 0.290 e. The third-order valence-electron chi connectivity index (χ3n) is 1.98. The van der Waals surface area contributed by atoms with Crippen molar-refractivity contribution in [2.75, 3.05) is 0 Å². The fourth-order valence-electron chi connectivity index (χ4n) is 1.36. The van der Waals surface area contributed by atoms with Gasteiger partial charge in [0.1, 0.15) is 12.1 Å². The van der Waals surface area contributed by atoms with Crippen LogP contribution >= 0.6 is 0 Å². The van der Waals surface area contributed by atoms with Crippen LogP contribution in [0.4, 0.5) is 0 Å². The average molecular weight is 185 g/mol. The number of hydrogen-bond acceptors (Lipinski definition) is 2. The van der Waals surface area contributed by atoms with Crippen LogP contribution in [0.5, 0.6) is 0 Å². The molecule has 3 nitrogen and oxygen atoms in total. The fourth-order valence-corrected chi connectivity index (χ4v) is 1.36. The summed E-state index contributed by atoms with van der Waals surface area (Å²) in [5.74, 6) is 0.921. The van der Waals surface area contributed by atoms with E-state index in [0.717, 1.165) is 17.8 Å². The monoisotopic (exact) mass is 185 g/mol. The summed E-state index contributed by atoms with van der Waals surface area (Å²) in [5.41, 5.74) is 1.15. The Morgan fingerprint density at radius 2 is 2.36 bits per heavy atom. The van der Waals surface area contributed by atoms with Gasteiger partial charge in [-0.3, -0.25) is 4.57 Å². The van der Waals surface area contributed by atoms with Crippen LogP contribution in [0.2, 0.25) is 0 Å². The Balaban J connectivity index is 2.46. The van der Waals surface area contributed by atoms with Gasteiger partial charge in [-0.25, -0.2) is 9.97 Å². The van der Waals surface area contributed by atoms with E-state index < -0.39 is 0 Å². The maximum Gasteiger partial charge on any atom is 0.141 e. The van der Waals surface area contributed by atoms with Gasteiger partial charge in [-0.2, -0.15) is 0 Å². The lowest BCUT2D eigenvalue weighted by molar-refractivity contribution is 0.962. The fraction of sp³-hybridized carbons (Fsp3) is 0.0909. The standard InChI is InChI=1S/C11H11N3/c1-2-4-10-5-3-6-13-11(10)14-8-7-12-9-14/h2-3,5-9H,1,4H2. The summed E-state index contributed by atoms with van der Waals surface area (Å²) in [4.78, 5) is 8.31. The van der Waals surface area contributed by atoms with Crippen molar-refractivity contribution in [3.05, 3.63) is 55.3 Å². The minimum Gasteiger partial charge on any atom is -0.290 e. The van der Waals surface area contributed by atoms with Crippen LogP contribution in [0.3, 0.4) is 0 Å². The highest BCUT2D eigenvalue weighted by atomic mass is 15.1. The van der Waals surface area contributed by atoms with Gasteiger partial charge in [0.15, 0.2) is 0 Å². The summed E-state index contributed by atoms with van der Waals surface area (Å²) >= 11 is 0. The van der Waals surface area contributed by atoms with Crippen molar-refractivity contribution in [3.63, 3.8) is 0 Å². The number of rotatable bonds is 3. The first-order valence-corrected chi connectivity index (χ1v) is 4.45. The molecule has 2 aromatic rings. The summed E-state index contributed by atoms with van der Waals surface area (Å²) < 4.78 is 1.90. The van der Waals surface area contributed by atoms with E-state index in [0.29, 0.717) is 0 Å². The van der Waals surface area contributed by atoms with Crippen molar-refractivity contribution in [1.82, 2.24) is 14.5 Å². The van der Waals surface area contributed by atoms with Crippen molar-refractivity contribution in [2.45, 2.75) is 6.42 Å². The Morgan fingerprint density at radius 1 is 1.43 bits per heavy atom. The van der Waals surface area contributed by atoms with E-state index in [2.05, 4.69) is 16.5 Å². The molecule has 70 valence electrons. The van der Waals surface area contributed by atoms with Crippen molar-refractivity contribution in [3.8, 4) is 5.82 Å². The maximum absolute atomic E-state index is 4.31. The lowest BCUT2D eigenvalue weighted by atomic mass is 10.2. The summed E-state index contributed by atoms with van der Waals surface area (Å²) in [7, 11) is 0. The average Bonchev–Trinajstić information content (AvgIpc) is 2.72. The minimum atomic E-state index is 0.821. The summed E-state index contributed by atoms with van der Waals surface area (Å²) in [6, 6.07) is 3.98. The predicted octanol–water partition coefficient (Wildman–Crippen LogP) is 2.00. The summed E-state index contributed by atoms with van der Waals surface area (Å²) in [5, 5.41) is 0. The Morgan fingerprint density at radius 3 is 3.07 bits per heavy atom. The third kappa shape index (κ3) is 1.57. The second kappa shape index (κ2) is 3.87. The van der Waals surface area contributed by atoms with Crippen molar-refractivity contribution >= 4 is 0 Å². The number of nitrogens with zero attached hydrogens (tertiary/aromatic N) is 3. The van der Waals surface area contributed by atoms with E-state index in [-0.39, 0.29) is 0 Å². The van der Waals surface area contributed by atoms with Crippen LogP contribution in [0.15, 0.2) is 49.7 Å². The van der Waals surface area contributed by atoms with Crippen LogP contribution in [-0.2, 0) is 6.42 Å². The Kier molecular flexibility index (Phi) is 2.40. The van der Waals surface area contributed by atoms with Gasteiger partial charge in [0, 0.05) is 18.6 Å². The second-order valence-corrected chi connectivity index (χ2v) is 2.95. The van der Waals surface area contributed by atoms with Gasteiger partial charge < -0.3 is 0 Å². The Hall–Kier alpha value is -1.90. The second-order valence-electron chi connectivity index (χ2n) is 2.95. The molecule has 0 aliphatic heterocycles. The first-order valence-electron chi connectivity index (χ1n) is 4.45. The maximum atomic E-state index is 4.31. The van der Waals surface area contributed by atoms with Gasteiger partial charge in [-0.15, -0.1) is 6.58 Å². The van der Waals surface area contributed by atoms with Crippen molar-refractivity contribution < 1.29 is 0 Å². The van der Waals surface area contributed by atoms with Crippen LogP contribution in [-0.4, -0.2) is 14.5 Å². The Bertz CT molecular complexity index is 418. The first-order chi connectivity index (χ1) is 6.92. The summed E-state index contributed by atoms with van der Waals surface area (Å²) in [6.07, 6.45) is 9.84. The van der Waals surface area contributed by atoms with Gasteiger partial charge in [0.05, 0.1) is 0 Å². The molecule has 0 aromatic carbocycles. The number of pyridine rings is 1. The van der Waals surface area contributed by atoms with Gasteiger partial charge >= 0.3 is 0 Å². The molecule has 0 unspecified atom stereocenters. The molecule has 0 aliphatic carbocycles. The van der Waals surface area contributed by atoms with Gasteiger partial charge in [0.25, 0.3) is 0 Å². The van der Waals surface area contributed by atoms with Crippen molar-refractivity contribution in [1.29, 1.82) is 0 Å². The predicted molar refractivity (Wildman–Crippen MR) is 55.3 cm³/mol. The lowest BCUT2D eigenvalue weighted by Crippen LogP contribution is -1.99. The SMILES string of the molecule is C=CCc1cccnc1-n1ccnc1. The van der Waals surface area contributed by atoms with Crippen LogP contribution in [0.25, 0.3) is 5.82 Å². The normalized spacial score (nSPS) is 10.0. The van der Waals surface area contributed by atoms with E-state index >= 15 is 0 Å². The number of aromatic nitrogens is 3. The molecule has 0 saturated carbocycles. The molecular formula is C11H11N3. The van der Waals surface area contributed by atoms with Gasteiger partial charge in [-0.1, -0.05) is 12.1 Å². The third-order valence-corrected chi connectivity index (χ3v) is 1.98. The molecule has 0 saturated heterocycles. The van der Waals surface area contributed by atoms with Crippen LogP contribution < -0.4 is 0 Å². The molecule has 0 atom stereocenters. The molecule has 0 spiro atoms. The molecule has 0 fully saturated rings. The van der Waals surface area contributed by atoms with Gasteiger partial charge in [-0.05, 0) is 18.1 Å². The van der Waals surface area contributed by atoms with Gasteiger partial charge in [0.2, 0.25) is 0 Å². The van der Waals surface area contributed by atoms with E-state index in [1.165, 1.54) is 0 Å². The van der Waals surface area contributed by atoms with E-state index in [1.807, 2.05) is 29.0 Å². The Labute approximate surface area is 82.8 Å². The smallest absolute Gasteiger partial charge is 0.141 e. The quantitative estimate of drug-likeness (QED) is 0.685. The molecule has 0 N–H and O–H groups in total. The molecule has 0 bridgehead atoms. The number of hydrogen-bond donors (Lipinski definition) is 0. The molecule has 0 aliphatic rings. The highest BCUT2D eigenvalue weighted by Crippen LogP contribution is 2.11. The number of allylic oxidation sites excluding steroid dienone is 1. The molecule has 0 radical (unpaired) electrons. The van der Waals surface area contributed by atoms with Crippen LogP contribution in [0, 0.1) is 0 Å². The van der Waals surface area contributed by atoms with E-state index in [9.17, 15) is 0 Å². The minimum absolute atomic E-state index is 0.821. The van der Waals surface area contributed by atoms with E-state index in [1.54, 1.807) is 18.7 Å². The zero-order valence-electron chi connectivity index (χ0n) is 7.80. The molecule has 0 amide bonds. The highest BCUT2D eigenvalue weighted by molar-refractivity contribution is 5.34. The molecule has 2 heterocycles. The highest BCUT2D eigenvalue weighted by Gasteiger charge is 2.02. The molecule has 3 heteroatoms. The molecule has 2 rings (SSSR count). The first kappa shape index (κ1) is 8.69. The van der Waals surface area contributed by atoms with Crippen LogP contribution in [0.1, 0.15) is 5.56 Å². The van der Waals surface area contributed by atoms with Crippen molar-refractivity contribution in [2.24, 2.45) is 0 Å². The topological polar surface area (TPSA) is 30.7 Å². The zero-order valence-corrected chi connectivity index (χ0v) is 7.80. The zero-order chi connectivity index (χ0) is 9.80. The van der Waals surface area contributed by atoms with E-state index in [4.69, 9.17) is 0 Å². The summed E-state index contributed by atoms with van der Waals surface area (Å²) in [6.45, 7) is 3.73. The number of imidazole rings is 1. The molecular weight excluding hydrogens is 174 g/mol. The molecule has 2 aromatic heterocycles. The molecule has 14 heavy (non-hydrogen) atoms. The lowest BCUT2D eigenvalue weighted by Gasteiger charge is -2.05.